The molecule has 1 aromatic carbocycles. The summed E-state index contributed by atoms with van der Waals surface area (Å²) in [6.45, 7) is 4.88. The Hall–Kier alpha value is -2.14. The number of aromatic amines is 1. The second-order valence-electron chi connectivity index (χ2n) is 5.66. The molecule has 0 aliphatic carbocycles. The van der Waals surface area contributed by atoms with Gasteiger partial charge in [-0.3, -0.25) is 0 Å². The molecule has 22 heavy (non-hydrogen) atoms. The van der Waals surface area contributed by atoms with Gasteiger partial charge < -0.3 is 9.88 Å². The molecule has 2 aromatic heterocycles. The fourth-order valence-corrected chi connectivity index (χ4v) is 2.47. The first-order chi connectivity index (χ1) is 10.5. The summed E-state index contributed by atoms with van der Waals surface area (Å²) in [6, 6.07) is 7.66. The largest absolute Gasteiger partial charge is 0.352 e. The van der Waals surface area contributed by atoms with E-state index in [1.165, 1.54) is 0 Å². The molecule has 0 saturated heterocycles. The molecule has 114 valence electrons. The molecule has 1 N–H and O–H groups in total. The van der Waals surface area contributed by atoms with Crippen molar-refractivity contribution in [2.45, 2.75) is 26.3 Å². The number of nitrogens with zero attached hydrogens (tertiary/aromatic N) is 4. The maximum atomic E-state index is 6.00. The van der Waals surface area contributed by atoms with E-state index in [0.29, 0.717) is 17.5 Å². The normalized spacial score (nSPS) is 11.3. The lowest BCUT2D eigenvalue weighted by Crippen LogP contribution is -2.19. The highest BCUT2D eigenvalue weighted by molar-refractivity contribution is 6.31. The van der Waals surface area contributed by atoms with Crippen LogP contribution >= 0.6 is 11.6 Å². The SMILES string of the molecule is CC(C)c1cc(N(C)Cc2nc3ccc(Cl)cc3[nH]2)ncn1. The zero-order valence-corrected chi connectivity index (χ0v) is 13.6. The lowest BCUT2D eigenvalue weighted by Gasteiger charge is -2.17. The monoisotopic (exact) mass is 315 g/mol. The van der Waals surface area contributed by atoms with Crippen LogP contribution in [0.25, 0.3) is 11.0 Å². The number of rotatable bonds is 4. The summed E-state index contributed by atoms with van der Waals surface area (Å²) in [6.07, 6.45) is 1.61. The Morgan fingerprint density at radius 3 is 2.82 bits per heavy atom. The molecular formula is C16H18ClN5. The van der Waals surface area contributed by atoms with Crippen molar-refractivity contribution in [2.75, 3.05) is 11.9 Å². The second kappa shape index (κ2) is 5.93. The number of imidazole rings is 1. The third-order valence-corrected chi connectivity index (χ3v) is 3.77. The Kier molecular flexibility index (Phi) is 3.98. The zero-order chi connectivity index (χ0) is 15.7. The van der Waals surface area contributed by atoms with Crippen LogP contribution in [0, 0.1) is 0 Å². The number of aromatic nitrogens is 4. The van der Waals surface area contributed by atoms with Crippen molar-refractivity contribution in [1.29, 1.82) is 0 Å². The van der Waals surface area contributed by atoms with Crippen LogP contribution < -0.4 is 4.90 Å². The fraction of sp³-hybridized carbons (Fsp3) is 0.312. The molecule has 5 nitrogen and oxygen atoms in total. The Balaban J connectivity index is 1.83. The maximum absolute atomic E-state index is 6.00. The van der Waals surface area contributed by atoms with E-state index in [9.17, 15) is 0 Å². The van der Waals surface area contributed by atoms with Gasteiger partial charge in [0.25, 0.3) is 0 Å². The molecule has 0 amide bonds. The standard InChI is InChI=1S/C16H18ClN5/c1-10(2)13-7-16(19-9-18-13)22(3)8-15-20-12-5-4-11(17)6-14(12)21-15/h4-7,9-10H,8H2,1-3H3,(H,20,21). The summed E-state index contributed by atoms with van der Waals surface area (Å²) >= 11 is 6.00. The maximum Gasteiger partial charge on any atom is 0.132 e. The molecule has 0 aliphatic rings. The lowest BCUT2D eigenvalue weighted by molar-refractivity contribution is 0.795. The minimum atomic E-state index is 0.378. The molecule has 0 radical (unpaired) electrons. The molecule has 2 heterocycles. The molecule has 0 unspecified atom stereocenters. The van der Waals surface area contributed by atoms with E-state index >= 15 is 0 Å². The van der Waals surface area contributed by atoms with Gasteiger partial charge in [-0.15, -0.1) is 0 Å². The third kappa shape index (κ3) is 3.04. The molecule has 3 rings (SSSR count). The van der Waals surface area contributed by atoms with Gasteiger partial charge in [-0.2, -0.15) is 0 Å². The number of anilines is 1. The number of hydrogen-bond donors (Lipinski definition) is 1. The number of halogens is 1. The van der Waals surface area contributed by atoms with Crippen LogP contribution in [0.15, 0.2) is 30.6 Å². The van der Waals surface area contributed by atoms with Crippen LogP contribution in [-0.2, 0) is 6.54 Å². The van der Waals surface area contributed by atoms with Gasteiger partial charge in [-0.05, 0) is 24.1 Å². The van der Waals surface area contributed by atoms with Crippen LogP contribution in [0.2, 0.25) is 5.02 Å². The highest BCUT2D eigenvalue weighted by Crippen LogP contribution is 2.20. The second-order valence-corrected chi connectivity index (χ2v) is 6.09. The van der Waals surface area contributed by atoms with E-state index in [0.717, 1.165) is 28.4 Å². The van der Waals surface area contributed by atoms with E-state index in [4.69, 9.17) is 11.6 Å². The molecule has 0 bridgehead atoms. The first-order valence-electron chi connectivity index (χ1n) is 7.20. The number of fused-ring (bicyclic) bond motifs is 1. The molecule has 0 atom stereocenters. The van der Waals surface area contributed by atoms with Gasteiger partial charge in [0.1, 0.15) is 18.0 Å². The van der Waals surface area contributed by atoms with Crippen LogP contribution in [0.5, 0.6) is 0 Å². The average Bonchev–Trinajstić information content (AvgIpc) is 2.88. The van der Waals surface area contributed by atoms with Crippen LogP contribution in [0.3, 0.4) is 0 Å². The summed E-state index contributed by atoms with van der Waals surface area (Å²) in [5.41, 5.74) is 2.90. The van der Waals surface area contributed by atoms with E-state index in [1.54, 1.807) is 6.33 Å². The van der Waals surface area contributed by atoms with E-state index in [2.05, 4.69) is 33.8 Å². The Labute approximate surface area is 134 Å². The predicted molar refractivity (Wildman–Crippen MR) is 89.3 cm³/mol. The summed E-state index contributed by atoms with van der Waals surface area (Å²) < 4.78 is 0. The fourth-order valence-electron chi connectivity index (χ4n) is 2.30. The topological polar surface area (TPSA) is 57.7 Å². The Bertz CT molecular complexity index is 796. The van der Waals surface area contributed by atoms with Gasteiger partial charge >= 0.3 is 0 Å². The summed E-state index contributed by atoms with van der Waals surface area (Å²) in [5.74, 6) is 2.14. The smallest absolute Gasteiger partial charge is 0.132 e. The van der Waals surface area contributed by atoms with Gasteiger partial charge in [0, 0.05) is 23.8 Å². The molecule has 0 aliphatic heterocycles. The minimum absolute atomic E-state index is 0.378. The number of nitrogens with one attached hydrogen (secondary N) is 1. The average molecular weight is 316 g/mol. The van der Waals surface area contributed by atoms with Crippen molar-refractivity contribution in [1.82, 2.24) is 19.9 Å². The first kappa shape index (κ1) is 14.8. The molecule has 0 saturated carbocycles. The summed E-state index contributed by atoms with van der Waals surface area (Å²) in [7, 11) is 1.99. The molecule has 6 heteroatoms. The quantitative estimate of drug-likeness (QED) is 0.796. The lowest BCUT2D eigenvalue weighted by atomic mass is 10.1. The Morgan fingerprint density at radius 1 is 1.23 bits per heavy atom. The highest BCUT2D eigenvalue weighted by atomic mass is 35.5. The molecular weight excluding hydrogens is 298 g/mol. The van der Waals surface area contributed by atoms with Crippen molar-refractivity contribution >= 4 is 28.5 Å². The van der Waals surface area contributed by atoms with E-state index in [-0.39, 0.29) is 0 Å². The van der Waals surface area contributed by atoms with Crippen LogP contribution in [-0.4, -0.2) is 27.0 Å². The highest BCUT2D eigenvalue weighted by Gasteiger charge is 2.10. The van der Waals surface area contributed by atoms with Crippen LogP contribution in [0.1, 0.15) is 31.3 Å². The first-order valence-corrected chi connectivity index (χ1v) is 7.58. The van der Waals surface area contributed by atoms with Crippen molar-refractivity contribution in [2.24, 2.45) is 0 Å². The molecule has 0 fully saturated rings. The van der Waals surface area contributed by atoms with E-state index < -0.39 is 0 Å². The van der Waals surface area contributed by atoms with Crippen molar-refractivity contribution < 1.29 is 0 Å². The van der Waals surface area contributed by atoms with Crippen molar-refractivity contribution in [3.63, 3.8) is 0 Å². The number of H-pyrrole nitrogens is 1. The predicted octanol–water partition coefficient (Wildman–Crippen LogP) is 3.77. The summed E-state index contributed by atoms with van der Waals surface area (Å²) in [5, 5.41) is 0.702. The van der Waals surface area contributed by atoms with Gasteiger partial charge in [0.2, 0.25) is 0 Å². The van der Waals surface area contributed by atoms with Crippen molar-refractivity contribution in [3.8, 4) is 0 Å². The van der Waals surface area contributed by atoms with Crippen LogP contribution in [0.4, 0.5) is 5.82 Å². The van der Waals surface area contributed by atoms with Gasteiger partial charge in [-0.1, -0.05) is 25.4 Å². The molecule has 0 spiro atoms. The zero-order valence-electron chi connectivity index (χ0n) is 12.8. The summed E-state index contributed by atoms with van der Waals surface area (Å²) in [4.78, 5) is 18.6. The van der Waals surface area contributed by atoms with Gasteiger partial charge in [-0.25, -0.2) is 15.0 Å². The van der Waals surface area contributed by atoms with Gasteiger partial charge in [0.15, 0.2) is 0 Å². The third-order valence-electron chi connectivity index (χ3n) is 3.54. The Morgan fingerprint density at radius 2 is 2.05 bits per heavy atom. The van der Waals surface area contributed by atoms with Crippen molar-refractivity contribution in [3.05, 3.63) is 47.1 Å². The molecule has 3 aromatic rings. The minimum Gasteiger partial charge on any atom is -0.352 e. The number of hydrogen-bond acceptors (Lipinski definition) is 4. The number of benzene rings is 1. The van der Waals surface area contributed by atoms with E-state index in [1.807, 2.05) is 36.2 Å². The van der Waals surface area contributed by atoms with Gasteiger partial charge in [0.05, 0.1) is 17.6 Å².